The SMILES string of the molecule is Cc1nn(-c2ccccc2)c(C)c1C(=O)C(=O)N1CCCN(S(=O)(=O)c2c(C)noc2C)CC1. The summed E-state index contributed by atoms with van der Waals surface area (Å²) in [6.07, 6.45) is 0.406. The first-order valence-corrected chi connectivity index (χ1v) is 12.4. The van der Waals surface area contributed by atoms with Crippen LogP contribution in [0.15, 0.2) is 39.8 Å². The lowest BCUT2D eigenvalue weighted by Gasteiger charge is -2.21. The molecule has 0 radical (unpaired) electrons. The van der Waals surface area contributed by atoms with Crippen LogP contribution in [0.4, 0.5) is 0 Å². The predicted octanol–water partition coefficient (Wildman–Crippen LogP) is 2.20. The number of para-hydroxylation sites is 1. The van der Waals surface area contributed by atoms with Crippen molar-refractivity contribution in [2.24, 2.45) is 0 Å². The molecule has 4 rings (SSSR count). The van der Waals surface area contributed by atoms with Gasteiger partial charge in [0, 0.05) is 26.2 Å². The molecule has 0 bridgehead atoms. The van der Waals surface area contributed by atoms with E-state index in [1.165, 1.54) is 9.21 Å². The van der Waals surface area contributed by atoms with Crippen LogP contribution >= 0.6 is 0 Å². The number of nitrogens with zero attached hydrogens (tertiary/aromatic N) is 5. The van der Waals surface area contributed by atoms with E-state index in [0.717, 1.165) is 5.69 Å². The first-order chi connectivity index (χ1) is 16.1. The van der Waals surface area contributed by atoms with Crippen molar-refractivity contribution < 1.29 is 22.5 Å². The second-order valence-electron chi connectivity index (χ2n) is 8.33. The Balaban J connectivity index is 1.53. The fourth-order valence-corrected chi connectivity index (χ4v) is 6.11. The van der Waals surface area contributed by atoms with Gasteiger partial charge in [-0.15, -0.1) is 0 Å². The van der Waals surface area contributed by atoms with Crippen molar-refractivity contribution in [2.45, 2.75) is 39.0 Å². The first kappa shape index (κ1) is 23.8. The van der Waals surface area contributed by atoms with E-state index in [-0.39, 0.29) is 42.4 Å². The van der Waals surface area contributed by atoms with Gasteiger partial charge in [0.25, 0.3) is 11.7 Å². The summed E-state index contributed by atoms with van der Waals surface area (Å²) in [7, 11) is -3.82. The van der Waals surface area contributed by atoms with Gasteiger partial charge in [-0.2, -0.15) is 9.40 Å². The Morgan fingerprint density at radius 1 is 0.941 bits per heavy atom. The van der Waals surface area contributed by atoms with Crippen molar-refractivity contribution in [2.75, 3.05) is 26.2 Å². The van der Waals surface area contributed by atoms with Gasteiger partial charge >= 0.3 is 0 Å². The van der Waals surface area contributed by atoms with Crippen LogP contribution in [0, 0.1) is 27.7 Å². The lowest BCUT2D eigenvalue weighted by atomic mass is 10.1. The molecular weight excluding hydrogens is 458 g/mol. The second kappa shape index (κ2) is 9.15. The molecule has 0 aliphatic carbocycles. The van der Waals surface area contributed by atoms with Crippen LogP contribution in [0.25, 0.3) is 5.69 Å². The van der Waals surface area contributed by atoms with Crippen LogP contribution in [0.5, 0.6) is 0 Å². The largest absolute Gasteiger partial charge is 0.360 e. The zero-order valence-electron chi connectivity index (χ0n) is 19.6. The molecule has 1 saturated heterocycles. The molecule has 3 heterocycles. The summed E-state index contributed by atoms with van der Waals surface area (Å²) in [6.45, 7) is 7.29. The van der Waals surface area contributed by atoms with E-state index in [0.29, 0.717) is 23.5 Å². The lowest BCUT2D eigenvalue weighted by molar-refractivity contribution is -0.126. The highest BCUT2D eigenvalue weighted by Crippen LogP contribution is 2.25. The van der Waals surface area contributed by atoms with E-state index < -0.39 is 21.7 Å². The van der Waals surface area contributed by atoms with Gasteiger partial charge < -0.3 is 9.42 Å². The summed E-state index contributed by atoms with van der Waals surface area (Å²) in [4.78, 5) is 27.8. The number of hydrogen-bond donors (Lipinski definition) is 0. The molecular formula is C23H27N5O5S. The summed E-state index contributed by atoms with van der Waals surface area (Å²) in [5, 5.41) is 8.20. The van der Waals surface area contributed by atoms with Crippen molar-refractivity contribution in [1.29, 1.82) is 0 Å². The fourth-order valence-electron chi connectivity index (χ4n) is 4.35. The monoisotopic (exact) mass is 485 g/mol. The molecule has 0 saturated carbocycles. The van der Waals surface area contributed by atoms with Crippen LogP contribution in [0.2, 0.25) is 0 Å². The number of aryl methyl sites for hydroxylation is 3. The molecule has 1 aliphatic rings. The molecule has 1 amide bonds. The molecule has 34 heavy (non-hydrogen) atoms. The maximum absolute atomic E-state index is 13.2. The number of aromatic nitrogens is 3. The van der Waals surface area contributed by atoms with Gasteiger partial charge in [-0.05, 0) is 46.2 Å². The topological polar surface area (TPSA) is 119 Å². The molecule has 3 aromatic rings. The van der Waals surface area contributed by atoms with E-state index in [2.05, 4.69) is 10.3 Å². The van der Waals surface area contributed by atoms with Crippen molar-refractivity contribution in [3.8, 4) is 5.69 Å². The van der Waals surface area contributed by atoms with E-state index in [1.54, 1.807) is 32.4 Å². The van der Waals surface area contributed by atoms with Gasteiger partial charge in [0.15, 0.2) is 5.76 Å². The van der Waals surface area contributed by atoms with E-state index in [4.69, 9.17) is 4.52 Å². The van der Waals surface area contributed by atoms with Gasteiger partial charge in [0.1, 0.15) is 10.6 Å². The Bertz CT molecular complexity index is 1320. The van der Waals surface area contributed by atoms with Crippen molar-refractivity contribution in [1.82, 2.24) is 24.1 Å². The van der Waals surface area contributed by atoms with E-state index >= 15 is 0 Å². The molecule has 1 aromatic carbocycles. The number of carbonyl (C=O) groups is 2. The Morgan fingerprint density at radius 3 is 2.29 bits per heavy atom. The number of sulfonamides is 1. The molecule has 0 atom stereocenters. The van der Waals surface area contributed by atoms with Crippen molar-refractivity contribution in [3.63, 3.8) is 0 Å². The van der Waals surface area contributed by atoms with Crippen molar-refractivity contribution >= 4 is 21.7 Å². The smallest absolute Gasteiger partial charge is 0.295 e. The summed E-state index contributed by atoms with van der Waals surface area (Å²) in [6, 6.07) is 9.38. The second-order valence-corrected chi connectivity index (χ2v) is 10.2. The highest BCUT2D eigenvalue weighted by atomic mass is 32.2. The van der Waals surface area contributed by atoms with Gasteiger partial charge in [-0.3, -0.25) is 9.59 Å². The summed E-state index contributed by atoms with van der Waals surface area (Å²) in [5.41, 5.74) is 2.42. The molecule has 11 heteroatoms. The fraction of sp³-hybridized carbons (Fsp3) is 0.391. The normalized spacial score (nSPS) is 15.4. The molecule has 1 fully saturated rings. The van der Waals surface area contributed by atoms with Gasteiger partial charge in [-0.1, -0.05) is 23.4 Å². The Morgan fingerprint density at radius 2 is 1.65 bits per heavy atom. The predicted molar refractivity (Wildman–Crippen MR) is 123 cm³/mol. The minimum atomic E-state index is -3.82. The highest BCUT2D eigenvalue weighted by molar-refractivity contribution is 7.89. The number of rotatable bonds is 5. The minimum Gasteiger partial charge on any atom is -0.360 e. The van der Waals surface area contributed by atoms with Gasteiger partial charge in [0.05, 0.1) is 22.6 Å². The highest BCUT2D eigenvalue weighted by Gasteiger charge is 2.35. The average molecular weight is 486 g/mol. The van der Waals surface area contributed by atoms with E-state index in [1.807, 2.05) is 30.3 Å². The number of amides is 1. The quantitative estimate of drug-likeness (QED) is 0.401. The van der Waals surface area contributed by atoms with E-state index in [9.17, 15) is 18.0 Å². The lowest BCUT2D eigenvalue weighted by Crippen LogP contribution is -2.40. The minimum absolute atomic E-state index is 0.0583. The zero-order chi connectivity index (χ0) is 24.6. The molecule has 180 valence electrons. The number of hydrogen-bond acceptors (Lipinski definition) is 7. The maximum Gasteiger partial charge on any atom is 0.295 e. The van der Waals surface area contributed by atoms with Crippen LogP contribution < -0.4 is 0 Å². The Kier molecular flexibility index (Phi) is 6.41. The first-order valence-electron chi connectivity index (χ1n) is 11.0. The van der Waals surface area contributed by atoms with Crippen molar-refractivity contribution in [3.05, 3.63) is 58.7 Å². The Labute approximate surface area is 198 Å². The summed E-state index contributed by atoms with van der Waals surface area (Å²) in [5.74, 6) is -1.07. The third-order valence-electron chi connectivity index (χ3n) is 6.02. The van der Waals surface area contributed by atoms with Crippen LogP contribution in [0.1, 0.15) is 39.6 Å². The molecule has 2 aromatic heterocycles. The third kappa shape index (κ3) is 4.16. The van der Waals surface area contributed by atoms with Crippen LogP contribution in [-0.4, -0.2) is 70.4 Å². The number of ketones is 1. The van der Waals surface area contributed by atoms with Crippen LogP contribution in [0.3, 0.4) is 0 Å². The summed E-state index contributed by atoms with van der Waals surface area (Å²) >= 11 is 0. The summed E-state index contributed by atoms with van der Waals surface area (Å²) < 4.78 is 34.3. The standard InChI is InChI=1S/C23H27N5O5S/c1-15-20(17(3)28(24-15)19-9-6-5-7-10-19)21(29)23(30)26-11-8-12-27(14-13-26)34(31,32)22-16(2)25-33-18(22)4/h5-7,9-10H,8,11-14H2,1-4H3. The average Bonchev–Trinajstić information content (AvgIpc) is 3.17. The maximum atomic E-state index is 13.2. The van der Waals surface area contributed by atoms with Crippen LogP contribution in [-0.2, 0) is 14.8 Å². The number of carbonyl (C=O) groups excluding carboxylic acids is 2. The Hall–Kier alpha value is -3.31. The third-order valence-corrected chi connectivity index (χ3v) is 8.16. The molecule has 0 unspecified atom stereocenters. The number of benzene rings is 1. The number of Topliss-reactive ketones (excluding diaryl/α,β-unsaturated/α-hetero) is 1. The van der Waals surface area contributed by atoms with Gasteiger partial charge in [0.2, 0.25) is 10.0 Å². The molecule has 0 spiro atoms. The molecule has 10 nitrogen and oxygen atoms in total. The van der Waals surface area contributed by atoms with Gasteiger partial charge in [-0.25, -0.2) is 13.1 Å². The molecule has 1 aliphatic heterocycles. The zero-order valence-corrected chi connectivity index (χ0v) is 20.4. The molecule has 0 N–H and O–H groups in total.